The summed E-state index contributed by atoms with van der Waals surface area (Å²) in [6, 6.07) is 22.2. The number of aryl methyl sites for hydroxylation is 1. The summed E-state index contributed by atoms with van der Waals surface area (Å²) in [6.45, 7) is 29.5. The van der Waals surface area contributed by atoms with Crippen LogP contribution in [0.15, 0.2) is 66.7 Å². The van der Waals surface area contributed by atoms with E-state index in [0.29, 0.717) is 50.3 Å². The van der Waals surface area contributed by atoms with Crippen LogP contribution in [0.5, 0.6) is 17.2 Å². The minimum atomic E-state index is -2.47. The lowest BCUT2D eigenvalue weighted by molar-refractivity contribution is 0.0734. The summed E-state index contributed by atoms with van der Waals surface area (Å²) in [4.78, 5) is 14.6. The molecule has 0 aromatic heterocycles. The van der Waals surface area contributed by atoms with E-state index in [-0.39, 0.29) is 0 Å². The Morgan fingerprint density at radius 3 is 1.63 bits per heavy atom. The first kappa shape index (κ1) is 35.8. The molecule has 0 saturated carbocycles. The lowest BCUT2D eigenvalue weighted by atomic mass is 10.0. The predicted octanol–water partition coefficient (Wildman–Crippen LogP) is 12.6. The van der Waals surface area contributed by atoms with E-state index in [4.69, 9.17) is 13.6 Å². The standard InChI is InChI=1S/C40H56O4Si2/c1-25(2)45(26(3)4,27(5)6)43-38-24-36(40(41)42-37-20-16-18-32-17-14-15-19-33(32)37)39(34-22-21-31(13)23-35(34)38)44-46(28(7)8,29(9)10)30(11)12/h14-30H,1-13H3. The number of carbonyl (C=O) groups excluding carboxylic acids is 1. The lowest BCUT2D eigenvalue weighted by Crippen LogP contribution is -2.51. The van der Waals surface area contributed by atoms with E-state index in [0.717, 1.165) is 32.9 Å². The van der Waals surface area contributed by atoms with E-state index < -0.39 is 22.6 Å². The monoisotopic (exact) mass is 656 g/mol. The van der Waals surface area contributed by atoms with Crippen LogP contribution in [0.2, 0.25) is 33.2 Å². The van der Waals surface area contributed by atoms with Crippen molar-refractivity contribution in [1.82, 2.24) is 0 Å². The molecule has 6 heteroatoms. The van der Waals surface area contributed by atoms with Gasteiger partial charge in [-0.1, -0.05) is 137 Å². The van der Waals surface area contributed by atoms with Crippen LogP contribution >= 0.6 is 0 Å². The molecule has 4 aromatic rings. The van der Waals surface area contributed by atoms with Crippen molar-refractivity contribution in [3.05, 3.63) is 77.9 Å². The molecule has 0 atom stereocenters. The van der Waals surface area contributed by atoms with Crippen LogP contribution in [0, 0.1) is 6.92 Å². The predicted molar refractivity (Wildman–Crippen MR) is 201 cm³/mol. The molecule has 0 N–H and O–H groups in total. The van der Waals surface area contributed by atoms with Gasteiger partial charge in [0.25, 0.3) is 16.6 Å². The number of esters is 1. The van der Waals surface area contributed by atoms with Crippen LogP contribution in [0.25, 0.3) is 21.5 Å². The van der Waals surface area contributed by atoms with Crippen LogP contribution in [0.4, 0.5) is 0 Å². The number of carbonyl (C=O) groups is 1. The average Bonchev–Trinajstić information content (AvgIpc) is 2.97. The van der Waals surface area contributed by atoms with Crippen molar-refractivity contribution in [3.63, 3.8) is 0 Å². The molecule has 248 valence electrons. The van der Waals surface area contributed by atoms with Gasteiger partial charge in [0.2, 0.25) is 0 Å². The summed E-state index contributed by atoms with van der Waals surface area (Å²) >= 11 is 0. The van der Waals surface area contributed by atoms with Gasteiger partial charge >= 0.3 is 5.97 Å². The molecule has 0 amide bonds. The Morgan fingerprint density at radius 2 is 1.07 bits per heavy atom. The van der Waals surface area contributed by atoms with Crippen molar-refractivity contribution in [2.75, 3.05) is 0 Å². The molecule has 0 radical (unpaired) electrons. The van der Waals surface area contributed by atoms with E-state index in [9.17, 15) is 4.79 Å². The summed E-state index contributed by atoms with van der Waals surface area (Å²) in [7, 11) is -4.84. The average molecular weight is 657 g/mol. The number of ether oxygens (including phenoxy) is 1. The van der Waals surface area contributed by atoms with Crippen molar-refractivity contribution in [2.24, 2.45) is 0 Å². The molecule has 0 fully saturated rings. The lowest BCUT2D eigenvalue weighted by Gasteiger charge is -2.44. The molecule has 0 heterocycles. The second kappa shape index (κ2) is 13.9. The number of fused-ring (bicyclic) bond motifs is 2. The fraction of sp³-hybridized carbons (Fsp3) is 0.475. The maximum Gasteiger partial charge on any atom is 0.347 e. The smallest absolute Gasteiger partial charge is 0.347 e. The van der Waals surface area contributed by atoms with Crippen molar-refractivity contribution in [1.29, 1.82) is 0 Å². The molecule has 4 nitrogen and oxygen atoms in total. The van der Waals surface area contributed by atoms with Crippen LogP contribution in [0.3, 0.4) is 0 Å². The highest BCUT2D eigenvalue weighted by Crippen LogP contribution is 2.49. The first-order chi connectivity index (χ1) is 21.6. The normalized spacial score (nSPS) is 12.8. The Balaban J connectivity index is 2.06. The van der Waals surface area contributed by atoms with Gasteiger partial charge in [-0.3, -0.25) is 0 Å². The van der Waals surface area contributed by atoms with Crippen molar-refractivity contribution >= 4 is 44.1 Å². The summed E-state index contributed by atoms with van der Waals surface area (Å²) in [5.41, 5.74) is 3.67. The second-order valence-electron chi connectivity index (χ2n) is 15.0. The van der Waals surface area contributed by atoms with Gasteiger partial charge < -0.3 is 13.6 Å². The molecule has 0 unspecified atom stereocenters. The van der Waals surface area contributed by atoms with Crippen LogP contribution in [0.1, 0.15) is 99.0 Å². The Hall–Kier alpha value is -3.10. The SMILES string of the molecule is Cc1ccc2c(O[Si](C(C)C)(C(C)C)C(C)C)c(C(=O)Oc3cccc4ccccc34)cc(O[Si](C(C)C)(C(C)C)C(C)C)c2c1. The fourth-order valence-corrected chi connectivity index (χ4v) is 18.9. The molecule has 0 bridgehead atoms. The third kappa shape index (κ3) is 6.40. The van der Waals surface area contributed by atoms with Gasteiger partial charge in [-0.15, -0.1) is 0 Å². The third-order valence-electron chi connectivity index (χ3n) is 10.4. The maximum atomic E-state index is 14.6. The van der Waals surface area contributed by atoms with Gasteiger partial charge in [0.15, 0.2) is 0 Å². The largest absolute Gasteiger partial charge is 0.542 e. The van der Waals surface area contributed by atoms with Gasteiger partial charge in [-0.05, 0) is 63.8 Å². The quantitative estimate of drug-likeness (QED) is 0.0864. The minimum Gasteiger partial charge on any atom is -0.542 e. The number of hydrogen-bond donors (Lipinski definition) is 0. The van der Waals surface area contributed by atoms with E-state index in [1.807, 2.05) is 48.5 Å². The Bertz CT molecular complexity index is 1640. The van der Waals surface area contributed by atoms with Gasteiger partial charge in [0, 0.05) is 16.2 Å². The molecule has 0 aliphatic carbocycles. The number of hydrogen-bond acceptors (Lipinski definition) is 4. The van der Waals surface area contributed by atoms with Crippen LogP contribution in [-0.2, 0) is 0 Å². The molecule has 46 heavy (non-hydrogen) atoms. The fourth-order valence-electron chi connectivity index (χ4n) is 8.34. The number of benzene rings is 4. The molecular weight excluding hydrogens is 601 g/mol. The zero-order valence-electron chi connectivity index (χ0n) is 30.4. The van der Waals surface area contributed by atoms with Crippen molar-refractivity contribution in [2.45, 2.75) is 123 Å². The molecular formula is C40H56O4Si2. The van der Waals surface area contributed by atoms with Gasteiger partial charge in [0.05, 0.1) is 0 Å². The summed E-state index contributed by atoms with van der Waals surface area (Å²) < 4.78 is 21.1. The Labute approximate surface area is 280 Å². The Morgan fingerprint density at radius 1 is 0.543 bits per heavy atom. The highest BCUT2D eigenvalue weighted by molar-refractivity contribution is 6.79. The first-order valence-corrected chi connectivity index (χ1v) is 21.5. The van der Waals surface area contributed by atoms with Gasteiger partial charge in [-0.25, -0.2) is 4.79 Å². The topological polar surface area (TPSA) is 44.8 Å². The van der Waals surface area contributed by atoms with E-state index in [1.54, 1.807) is 0 Å². The molecule has 0 saturated heterocycles. The van der Waals surface area contributed by atoms with Crippen LogP contribution < -0.4 is 13.6 Å². The summed E-state index contributed by atoms with van der Waals surface area (Å²) in [5, 5.41) is 3.82. The minimum absolute atomic E-state index is 0.328. The molecule has 0 aliphatic heterocycles. The van der Waals surface area contributed by atoms with E-state index in [1.165, 1.54) is 0 Å². The summed E-state index contributed by atoms with van der Waals surface area (Å²) in [6.07, 6.45) is 0. The highest BCUT2D eigenvalue weighted by atomic mass is 28.4. The zero-order valence-corrected chi connectivity index (χ0v) is 32.4. The van der Waals surface area contributed by atoms with Crippen molar-refractivity contribution < 1.29 is 18.4 Å². The zero-order chi connectivity index (χ0) is 34.1. The third-order valence-corrected chi connectivity index (χ3v) is 22.3. The molecule has 4 rings (SSSR count). The first-order valence-electron chi connectivity index (χ1n) is 17.2. The Kier molecular flexibility index (Phi) is 10.8. The van der Waals surface area contributed by atoms with E-state index in [2.05, 4.69) is 108 Å². The van der Waals surface area contributed by atoms with Crippen molar-refractivity contribution in [3.8, 4) is 17.2 Å². The van der Waals surface area contributed by atoms with Gasteiger partial charge in [-0.2, -0.15) is 0 Å². The highest BCUT2D eigenvalue weighted by Gasteiger charge is 2.49. The molecule has 0 aliphatic rings. The van der Waals surface area contributed by atoms with Crippen LogP contribution in [-0.4, -0.2) is 22.6 Å². The maximum absolute atomic E-state index is 14.6. The molecule has 4 aromatic carbocycles. The second-order valence-corrected chi connectivity index (χ2v) is 25.8. The van der Waals surface area contributed by atoms with Gasteiger partial charge in [0.1, 0.15) is 22.8 Å². The summed E-state index contributed by atoms with van der Waals surface area (Å²) in [5.74, 6) is 1.49. The molecule has 0 spiro atoms. The number of rotatable bonds is 12. The van der Waals surface area contributed by atoms with E-state index >= 15 is 0 Å².